The maximum absolute atomic E-state index is 11.9. The molecule has 0 aliphatic carbocycles. The molecule has 2 aromatic heterocycles. The molecule has 3 aromatic rings. The normalized spacial score (nSPS) is 16.7. The van der Waals surface area contributed by atoms with Gasteiger partial charge in [-0.2, -0.15) is 0 Å². The predicted molar refractivity (Wildman–Crippen MR) is 209 cm³/mol. The second kappa shape index (κ2) is 25.7. The van der Waals surface area contributed by atoms with Gasteiger partial charge in [0.2, 0.25) is 0 Å². The minimum absolute atomic E-state index is 0.00725. The molecule has 1 unspecified atom stereocenters. The van der Waals surface area contributed by atoms with Crippen LogP contribution in [0.5, 0.6) is 0 Å². The molecule has 4 rings (SSSR count). The highest BCUT2D eigenvalue weighted by molar-refractivity contribution is 5.85. The SMILES string of the molecule is C=C(NCCOCCOCCN)c1ccc(C(c2cccc(C(=O)O)n2)N2CCOCCOCCN(Cc3cccc(C(=O)O)n3)CCOCCOCC2)cc1. The summed E-state index contributed by atoms with van der Waals surface area (Å²) in [4.78, 5) is 36.4. The highest BCUT2D eigenvalue weighted by Gasteiger charge is 2.25. The summed E-state index contributed by atoms with van der Waals surface area (Å²) in [5, 5.41) is 22.4. The molecule has 5 N–H and O–H groups in total. The predicted octanol–water partition coefficient (Wildman–Crippen LogP) is 2.40. The van der Waals surface area contributed by atoms with Crippen LogP contribution in [0, 0.1) is 0 Å². The lowest BCUT2D eigenvalue weighted by Crippen LogP contribution is -2.36. The smallest absolute Gasteiger partial charge is 0.354 e. The van der Waals surface area contributed by atoms with Crippen LogP contribution in [0.15, 0.2) is 67.2 Å². The second-order valence-electron chi connectivity index (χ2n) is 12.8. The van der Waals surface area contributed by atoms with Crippen LogP contribution in [0.3, 0.4) is 0 Å². The van der Waals surface area contributed by atoms with Crippen LogP contribution >= 0.6 is 0 Å². The van der Waals surface area contributed by atoms with E-state index in [-0.39, 0.29) is 11.4 Å². The van der Waals surface area contributed by atoms with Crippen molar-refractivity contribution < 1.29 is 48.2 Å². The number of aromatic carboxylic acids is 2. The summed E-state index contributed by atoms with van der Waals surface area (Å²) in [6, 6.07) is 17.6. The van der Waals surface area contributed by atoms with Gasteiger partial charge in [0.05, 0.1) is 96.7 Å². The van der Waals surface area contributed by atoms with Crippen molar-refractivity contribution >= 4 is 17.6 Å². The number of carbonyl (C=O) groups is 2. The molecule has 0 bridgehead atoms. The summed E-state index contributed by atoms with van der Waals surface area (Å²) in [6.45, 7) is 13.1. The average molecular weight is 781 g/mol. The summed E-state index contributed by atoms with van der Waals surface area (Å²) in [5.41, 5.74) is 9.22. The lowest BCUT2D eigenvalue weighted by Gasteiger charge is -2.32. The second-order valence-corrected chi connectivity index (χ2v) is 12.8. The molecule has 1 atom stereocenters. The molecule has 1 aliphatic rings. The summed E-state index contributed by atoms with van der Waals surface area (Å²) < 4.78 is 34.7. The Hall–Kier alpha value is -4.36. The number of carboxylic acids is 2. The first-order valence-electron chi connectivity index (χ1n) is 18.9. The molecule has 0 radical (unpaired) electrons. The first-order chi connectivity index (χ1) is 27.4. The topological polar surface area (TPSA) is 200 Å². The van der Waals surface area contributed by atoms with Gasteiger partial charge in [0, 0.05) is 51.5 Å². The number of hydrogen-bond acceptors (Lipinski definition) is 14. The molecule has 1 fully saturated rings. The van der Waals surface area contributed by atoms with Gasteiger partial charge in [-0.15, -0.1) is 0 Å². The van der Waals surface area contributed by atoms with E-state index in [0.29, 0.717) is 136 Å². The Bertz CT molecular complexity index is 1590. The fourth-order valence-corrected chi connectivity index (χ4v) is 5.89. The standard InChI is InChI=1S/C40H56N6O10/c1-31(42-13-19-52-25-24-51-18-12-41)32-8-10-33(11-9-32)38(35-5-3-7-37(44-35)40(49)50)46-16-22-55-28-26-53-20-14-45(15-21-54-27-29-56-23-17-46)30-34-4-2-6-36(43-34)39(47)48/h2-11,38,42H,1,12-30,41H2,(H,47,48)(H,49,50). The van der Waals surface area contributed by atoms with Crippen molar-refractivity contribution in [3.63, 3.8) is 0 Å². The average Bonchev–Trinajstić information content (AvgIpc) is 3.20. The van der Waals surface area contributed by atoms with E-state index in [2.05, 4.69) is 31.7 Å². The van der Waals surface area contributed by atoms with E-state index in [4.69, 9.17) is 34.2 Å². The fraction of sp³-hybridized carbons (Fsp3) is 0.500. The number of aromatic nitrogens is 2. The third-order valence-corrected chi connectivity index (χ3v) is 8.73. The zero-order valence-corrected chi connectivity index (χ0v) is 32.0. The van der Waals surface area contributed by atoms with E-state index >= 15 is 0 Å². The Morgan fingerprint density at radius 3 is 1.88 bits per heavy atom. The number of pyridine rings is 2. The minimum atomic E-state index is -1.10. The Kier molecular flexibility index (Phi) is 20.4. The van der Waals surface area contributed by atoms with Gasteiger partial charge in [-0.1, -0.05) is 43.0 Å². The zero-order valence-electron chi connectivity index (χ0n) is 32.0. The van der Waals surface area contributed by atoms with Crippen LogP contribution in [-0.2, 0) is 35.0 Å². The highest BCUT2D eigenvalue weighted by Crippen LogP contribution is 2.29. The van der Waals surface area contributed by atoms with Crippen molar-refractivity contribution in [3.8, 4) is 0 Å². The molecule has 56 heavy (non-hydrogen) atoms. The zero-order chi connectivity index (χ0) is 39.8. The Morgan fingerprint density at radius 1 is 0.732 bits per heavy atom. The minimum Gasteiger partial charge on any atom is -0.477 e. The number of nitrogens with two attached hydrogens (primary N) is 1. The van der Waals surface area contributed by atoms with E-state index in [1.165, 1.54) is 12.1 Å². The lowest BCUT2D eigenvalue weighted by molar-refractivity contribution is 0.00331. The van der Waals surface area contributed by atoms with Crippen molar-refractivity contribution in [2.24, 2.45) is 5.73 Å². The maximum Gasteiger partial charge on any atom is 0.354 e. The summed E-state index contributed by atoms with van der Waals surface area (Å²) in [5.74, 6) is -2.17. The first kappa shape index (κ1) is 44.4. The number of benzene rings is 1. The highest BCUT2D eigenvalue weighted by atomic mass is 16.5. The van der Waals surface area contributed by atoms with Crippen LogP contribution in [0.25, 0.3) is 5.70 Å². The van der Waals surface area contributed by atoms with Gasteiger partial charge in [-0.05, 0) is 35.4 Å². The molecular formula is C40H56N6O10. The van der Waals surface area contributed by atoms with Crippen molar-refractivity contribution in [2.45, 2.75) is 12.6 Å². The Morgan fingerprint density at radius 2 is 1.29 bits per heavy atom. The molecule has 0 saturated carbocycles. The van der Waals surface area contributed by atoms with Crippen molar-refractivity contribution in [1.29, 1.82) is 0 Å². The van der Waals surface area contributed by atoms with Crippen molar-refractivity contribution in [2.75, 3.05) is 119 Å². The molecule has 0 amide bonds. The number of nitrogens with zero attached hydrogens (tertiary/aromatic N) is 4. The fourth-order valence-electron chi connectivity index (χ4n) is 5.89. The van der Waals surface area contributed by atoms with E-state index in [9.17, 15) is 19.8 Å². The number of nitrogens with one attached hydrogen (secondary N) is 1. The number of carboxylic acid groups (broad SMARTS) is 2. The number of rotatable bonds is 17. The van der Waals surface area contributed by atoms with Gasteiger partial charge in [0.25, 0.3) is 0 Å². The lowest BCUT2D eigenvalue weighted by atomic mass is 9.98. The van der Waals surface area contributed by atoms with Crippen LogP contribution in [0.2, 0.25) is 0 Å². The third kappa shape index (κ3) is 16.0. The van der Waals surface area contributed by atoms with Gasteiger partial charge in [-0.3, -0.25) is 9.80 Å². The van der Waals surface area contributed by atoms with Crippen LogP contribution < -0.4 is 11.1 Å². The van der Waals surface area contributed by atoms with Crippen LogP contribution in [0.1, 0.15) is 49.5 Å². The molecule has 1 aromatic carbocycles. The van der Waals surface area contributed by atoms with E-state index in [1.807, 2.05) is 36.4 Å². The third-order valence-electron chi connectivity index (χ3n) is 8.73. The van der Waals surface area contributed by atoms with E-state index in [1.54, 1.807) is 12.1 Å². The molecule has 1 saturated heterocycles. The van der Waals surface area contributed by atoms with Gasteiger partial charge >= 0.3 is 11.9 Å². The monoisotopic (exact) mass is 780 g/mol. The summed E-state index contributed by atoms with van der Waals surface area (Å²) in [7, 11) is 0. The van der Waals surface area contributed by atoms with E-state index < -0.39 is 18.0 Å². The van der Waals surface area contributed by atoms with Gasteiger partial charge in [0.15, 0.2) is 0 Å². The van der Waals surface area contributed by atoms with Crippen LogP contribution in [0.4, 0.5) is 0 Å². The van der Waals surface area contributed by atoms with Crippen molar-refractivity contribution in [3.05, 3.63) is 101 Å². The molecule has 306 valence electrons. The molecule has 16 nitrogen and oxygen atoms in total. The van der Waals surface area contributed by atoms with E-state index in [0.717, 1.165) is 16.8 Å². The molecule has 3 heterocycles. The molecule has 0 spiro atoms. The number of hydrogen-bond donors (Lipinski definition) is 4. The first-order valence-corrected chi connectivity index (χ1v) is 18.9. The van der Waals surface area contributed by atoms with Gasteiger partial charge in [0.1, 0.15) is 11.4 Å². The van der Waals surface area contributed by atoms with Crippen LogP contribution in [-0.4, -0.2) is 160 Å². The van der Waals surface area contributed by atoms with Gasteiger partial charge in [-0.25, -0.2) is 19.6 Å². The summed E-state index contributed by atoms with van der Waals surface area (Å²) >= 11 is 0. The molecule has 16 heteroatoms. The Balaban J connectivity index is 1.39. The summed E-state index contributed by atoms with van der Waals surface area (Å²) in [6.07, 6.45) is 0. The maximum atomic E-state index is 11.9. The number of ether oxygens (including phenoxy) is 6. The largest absolute Gasteiger partial charge is 0.477 e. The van der Waals surface area contributed by atoms with Crippen molar-refractivity contribution in [1.82, 2.24) is 25.1 Å². The molecular weight excluding hydrogens is 724 g/mol. The molecule has 1 aliphatic heterocycles. The Labute approximate surface area is 328 Å². The van der Waals surface area contributed by atoms with Gasteiger partial charge < -0.3 is 49.7 Å². The quantitative estimate of drug-likeness (QED) is 0.146.